The van der Waals surface area contributed by atoms with Crippen LogP contribution >= 0.6 is 7.52 Å². The molecular formula is C20H17F3N5O2P. The van der Waals surface area contributed by atoms with E-state index in [1.807, 2.05) is 0 Å². The molecule has 1 atom stereocenters. The lowest BCUT2D eigenvalue weighted by molar-refractivity contribution is -0.137. The van der Waals surface area contributed by atoms with E-state index >= 15 is 0 Å². The molecule has 0 bridgehead atoms. The van der Waals surface area contributed by atoms with Crippen LogP contribution in [0.15, 0.2) is 67.1 Å². The van der Waals surface area contributed by atoms with Gasteiger partial charge in [-0.2, -0.15) is 13.2 Å². The van der Waals surface area contributed by atoms with Crippen LogP contribution < -0.4 is 15.7 Å². The molecule has 2 aromatic carbocycles. The van der Waals surface area contributed by atoms with E-state index in [1.165, 1.54) is 25.4 Å². The third-order valence-corrected chi connectivity index (χ3v) is 6.26. The van der Waals surface area contributed by atoms with Crippen LogP contribution in [0.1, 0.15) is 5.56 Å². The summed E-state index contributed by atoms with van der Waals surface area (Å²) in [5, 5.41) is 5.52. The van der Waals surface area contributed by atoms with Crippen LogP contribution in [-0.2, 0) is 10.7 Å². The Balaban J connectivity index is 1.73. The van der Waals surface area contributed by atoms with Gasteiger partial charge < -0.3 is 10.2 Å². The standard InChI is InChI=1S/C20H17F3N5O2P/c1-24-31(29,30)16-7-2-4-13(10-16)17-12-26-19-18(25-8-9-28(17)19)27-15-6-3-5-14(11-15)20(21,22)23/h2-12H,1H3,(H,25,27)(H2,24,29,30). The van der Waals surface area contributed by atoms with Crippen molar-refractivity contribution in [3.63, 3.8) is 0 Å². The Morgan fingerprint density at radius 2 is 1.87 bits per heavy atom. The summed E-state index contributed by atoms with van der Waals surface area (Å²) in [5.74, 6) is 0.271. The average Bonchev–Trinajstić information content (AvgIpc) is 3.19. The van der Waals surface area contributed by atoms with E-state index in [4.69, 9.17) is 0 Å². The van der Waals surface area contributed by atoms with Gasteiger partial charge in [-0.3, -0.25) is 8.97 Å². The van der Waals surface area contributed by atoms with E-state index in [1.54, 1.807) is 41.1 Å². The number of nitrogens with zero attached hydrogens (tertiary/aromatic N) is 3. The van der Waals surface area contributed by atoms with Crippen molar-refractivity contribution in [1.82, 2.24) is 19.5 Å². The Labute approximate surface area is 175 Å². The first-order chi connectivity index (χ1) is 14.7. The second kappa shape index (κ2) is 7.81. The summed E-state index contributed by atoms with van der Waals surface area (Å²) in [4.78, 5) is 18.6. The first-order valence-electron chi connectivity index (χ1n) is 9.08. The highest BCUT2D eigenvalue weighted by Gasteiger charge is 2.30. The lowest BCUT2D eigenvalue weighted by Gasteiger charge is -2.12. The van der Waals surface area contributed by atoms with Crippen LogP contribution in [0.3, 0.4) is 0 Å². The third kappa shape index (κ3) is 4.18. The average molecular weight is 447 g/mol. The summed E-state index contributed by atoms with van der Waals surface area (Å²) in [6, 6.07) is 11.4. The number of alkyl halides is 3. The van der Waals surface area contributed by atoms with Gasteiger partial charge in [-0.1, -0.05) is 18.2 Å². The maximum atomic E-state index is 13.0. The Bertz CT molecular complexity index is 1310. The van der Waals surface area contributed by atoms with Crippen molar-refractivity contribution in [2.75, 3.05) is 12.4 Å². The predicted octanol–water partition coefficient (Wildman–Crippen LogP) is 4.19. The van der Waals surface area contributed by atoms with Gasteiger partial charge in [-0.15, -0.1) is 0 Å². The molecule has 0 aliphatic carbocycles. The van der Waals surface area contributed by atoms with Crippen molar-refractivity contribution in [3.05, 3.63) is 72.7 Å². The molecule has 4 rings (SSSR count). The molecule has 2 heterocycles. The number of anilines is 2. The molecule has 7 nitrogen and oxygen atoms in total. The van der Waals surface area contributed by atoms with Gasteiger partial charge in [0.2, 0.25) is 0 Å². The topological polar surface area (TPSA) is 91.5 Å². The minimum Gasteiger partial charge on any atom is -0.337 e. The fourth-order valence-electron chi connectivity index (χ4n) is 3.11. The number of fused-ring (bicyclic) bond motifs is 1. The number of imidazole rings is 1. The lowest BCUT2D eigenvalue weighted by atomic mass is 10.2. The smallest absolute Gasteiger partial charge is 0.337 e. The zero-order valence-electron chi connectivity index (χ0n) is 16.1. The molecule has 160 valence electrons. The van der Waals surface area contributed by atoms with Crippen LogP contribution in [0, 0.1) is 0 Å². The van der Waals surface area contributed by atoms with E-state index in [9.17, 15) is 22.6 Å². The predicted molar refractivity (Wildman–Crippen MR) is 112 cm³/mol. The van der Waals surface area contributed by atoms with Crippen LogP contribution in [0.2, 0.25) is 0 Å². The zero-order valence-corrected chi connectivity index (χ0v) is 17.0. The van der Waals surface area contributed by atoms with Gasteiger partial charge in [-0.05, 0) is 37.4 Å². The van der Waals surface area contributed by atoms with Crippen LogP contribution in [0.25, 0.3) is 16.9 Å². The molecule has 0 saturated carbocycles. The molecule has 0 aliphatic rings. The molecule has 4 aromatic rings. The molecule has 0 amide bonds. The summed E-state index contributed by atoms with van der Waals surface area (Å²) in [6.07, 6.45) is 0.248. The number of aromatic nitrogens is 3. The number of nitrogens with one attached hydrogen (secondary N) is 2. The van der Waals surface area contributed by atoms with E-state index in [0.29, 0.717) is 16.9 Å². The Kier molecular flexibility index (Phi) is 5.30. The zero-order chi connectivity index (χ0) is 22.2. The quantitative estimate of drug-likeness (QED) is 0.398. The van der Waals surface area contributed by atoms with Gasteiger partial charge in [0.15, 0.2) is 11.5 Å². The van der Waals surface area contributed by atoms with Crippen LogP contribution in [0.4, 0.5) is 24.7 Å². The van der Waals surface area contributed by atoms with Crippen molar-refractivity contribution < 1.29 is 22.6 Å². The van der Waals surface area contributed by atoms with Gasteiger partial charge in [0, 0.05) is 23.6 Å². The lowest BCUT2D eigenvalue weighted by Crippen LogP contribution is -2.15. The van der Waals surface area contributed by atoms with E-state index in [-0.39, 0.29) is 16.8 Å². The Hall–Kier alpha value is -3.20. The summed E-state index contributed by atoms with van der Waals surface area (Å²) in [5.41, 5.74) is 1.11. The van der Waals surface area contributed by atoms with Crippen LogP contribution in [0.5, 0.6) is 0 Å². The Morgan fingerprint density at radius 1 is 1.10 bits per heavy atom. The van der Waals surface area contributed by atoms with Gasteiger partial charge in [0.05, 0.1) is 22.8 Å². The van der Waals surface area contributed by atoms with Gasteiger partial charge in [0.1, 0.15) is 0 Å². The van der Waals surface area contributed by atoms with E-state index in [2.05, 4.69) is 20.4 Å². The summed E-state index contributed by atoms with van der Waals surface area (Å²) in [7, 11) is -2.28. The molecule has 0 spiro atoms. The molecule has 0 saturated heterocycles. The SMILES string of the molecule is CNP(=O)(O)c1cccc(-c2cnc3c(Nc4cccc(C(F)(F)F)c4)nccn23)c1. The minimum absolute atomic E-state index is 0.220. The molecule has 0 radical (unpaired) electrons. The highest BCUT2D eigenvalue weighted by molar-refractivity contribution is 7.64. The molecular weight excluding hydrogens is 430 g/mol. The van der Waals surface area contributed by atoms with Crippen molar-refractivity contribution >= 4 is 30.0 Å². The number of hydrogen-bond donors (Lipinski definition) is 3. The number of rotatable bonds is 5. The van der Waals surface area contributed by atoms with Gasteiger partial charge in [0.25, 0.3) is 7.52 Å². The normalized spacial score (nSPS) is 13.8. The van der Waals surface area contributed by atoms with Gasteiger partial charge >= 0.3 is 6.18 Å². The molecule has 31 heavy (non-hydrogen) atoms. The molecule has 11 heteroatoms. The highest BCUT2D eigenvalue weighted by Crippen LogP contribution is 2.35. The molecule has 3 N–H and O–H groups in total. The van der Waals surface area contributed by atoms with Crippen molar-refractivity contribution in [1.29, 1.82) is 0 Å². The van der Waals surface area contributed by atoms with Crippen molar-refractivity contribution in [2.45, 2.75) is 6.18 Å². The molecule has 1 unspecified atom stereocenters. The summed E-state index contributed by atoms with van der Waals surface area (Å²) >= 11 is 0. The fourth-order valence-corrected chi connectivity index (χ4v) is 3.97. The fraction of sp³-hybridized carbons (Fsp3) is 0.100. The largest absolute Gasteiger partial charge is 0.416 e. The van der Waals surface area contributed by atoms with Crippen molar-refractivity contribution in [3.8, 4) is 11.3 Å². The first-order valence-corrected chi connectivity index (χ1v) is 10.7. The highest BCUT2D eigenvalue weighted by atomic mass is 31.2. The maximum absolute atomic E-state index is 13.0. The Morgan fingerprint density at radius 3 is 2.61 bits per heavy atom. The second-order valence-corrected chi connectivity index (χ2v) is 8.78. The number of hydrogen-bond acceptors (Lipinski definition) is 4. The minimum atomic E-state index is -4.46. The van der Waals surface area contributed by atoms with E-state index in [0.717, 1.165) is 12.1 Å². The summed E-state index contributed by atoms with van der Waals surface area (Å²) in [6.45, 7) is 0. The van der Waals surface area contributed by atoms with Crippen LogP contribution in [-0.4, -0.2) is 26.3 Å². The first kappa shape index (κ1) is 21.0. The summed E-state index contributed by atoms with van der Waals surface area (Å²) < 4.78 is 52.9. The second-order valence-electron chi connectivity index (χ2n) is 6.67. The molecule has 0 aliphatic heterocycles. The van der Waals surface area contributed by atoms with Crippen molar-refractivity contribution in [2.24, 2.45) is 0 Å². The number of benzene rings is 2. The maximum Gasteiger partial charge on any atom is 0.416 e. The third-order valence-electron chi connectivity index (χ3n) is 4.68. The van der Waals surface area contributed by atoms with Gasteiger partial charge in [-0.25, -0.2) is 15.1 Å². The molecule has 2 aromatic heterocycles. The van der Waals surface area contributed by atoms with E-state index < -0.39 is 19.3 Å². The number of halogens is 3. The molecule has 0 fully saturated rings. The monoisotopic (exact) mass is 447 g/mol.